The zero-order valence-corrected chi connectivity index (χ0v) is 9.41. The Morgan fingerprint density at radius 2 is 2.00 bits per heavy atom. The fourth-order valence-electron chi connectivity index (χ4n) is 1.61. The molecule has 0 atom stereocenters. The topological polar surface area (TPSA) is 27.7 Å². The molecule has 1 aliphatic rings. The highest BCUT2D eigenvalue weighted by atomic mass is 16.7. The second-order valence-corrected chi connectivity index (χ2v) is 3.78. The van der Waals surface area contributed by atoms with Crippen molar-refractivity contribution in [3.05, 3.63) is 25.1 Å². The van der Waals surface area contributed by atoms with E-state index in [-0.39, 0.29) is 0 Å². The molecule has 3 nitrogen and oxygen atoms in total. The summed E-state index contributed by atoms with van der Waals surface area (Å²) in [5, 5.41) is 0. The summed E-state index contributed by atoms with van der Waals surface area (Å²) >= 11 is 0. The molecule has 0 aromatic heterocycles. The lowest BCUT2D eigenvalue weighted by atomic mass is 10.2. The molecule has 0 amide bonds. The van der Waals surface area contributed by atoms with Crippen LogP contribution in [0.4, 0.5) is 0 Å². The Kier molecular flexibility index (Phi) is 3.91. The zero-order valence-electron chi connectivity index (χ0n) is 9.41. The first-order valence-corrected chi connectivity index (χ1v) is 5.72. The highest BCUT2D eigenvalue weighted by molar-refractivity contribution is 5.46. The quantitative estimate of drug-likeness (QED) is 0.690. The van der Waals surface area contributed by atoms with Gasteiger partial charge >= 0.3 is 0 Å². The van der Waals surface area contributed by atoms with Crippen molar-refractivity contribution < 1.29 is 14.2 Å². The lowest BCUT2D eigenvalue weighted by Crippen LogP contribution is -1.97. The summed E-state index contributed by atoms with van der Waals surface area (Å²) in [6.07, 6.45) is 4.42. The molecule has 1 aromatic rings. The molecule has 2 rings (SSSR count). The smallest absolute Gasteiger partial charge is 0.231 e. The first-order chi connectivity index (χ1) is 7.90. The first kappa shape index (κ1) is 11.1. The second kappa shape index (κ2) is 5.64. The van der Waals surface area contributed by atoms with Gasteiger partial charge in [-0.05, 0) is 18.6 Å². The fourth-order valence-corrected chi connectivity index (χ4v) is 1.61. The average molecular weight is 221 g/mol. The molecular weight excluding hydrogens is 204 g/mol. The Morgan fingerprint density at radius 3 is 2.88 bits per heavy atom. The Labute approximate surface area is 96.3 Å². The zero-order chi connectivity index (χ0) is 11.2. The van der Waals surface area contributed by atoms with Gasteiger partial charge in [-0.2, -0.15) is 0 Å². The molecule has 0 spiro atoms. The molecule has 0 unspecified atom stereocenters. The Morgan fingerprint density at radius 1 is 1.12 bits per heavy atom. The number of hydrogen-bond donors (Lipinski definition) is 0. The van der Waals surface area contributed by atoms with Crippen molar-refractivity contribution in [2.75, 3.05) is 13.4 Å². The van der Waals surface area contributed by atoms with Gasteiger partial charge in [0.2, 0.25) is 6.79 Å². The minimum absolute atomic E-state index is 0.308. The van der Waals surface area contributed by atoms with Gasteiger partial charge in [0.15, 0.2) is 11.5 Å². The van der Waals surface area contributed by atoms with Crippen LogP contribution in [0.1, 0.15) is 25.7 Å². The fraction of sp³-hybridized carbons (Fsp3) is 0.462. The summed E-state index contributed by atoms with van der Waals surface area (Å²) in [7, 11) is 0. The molecular formula is C13H17O3. The van der Waals surface area contributed by atoms with E-state index >= 15 is 0 Å². The highest BCUT2D eigenvalue weighted by Crippen LogP contribution is 2.35. The molecule has 0 N–H and O–H groups in total. The van der Waals surface area contributed by atoms with Crippen LogP contribution in [0.25, 0.3) is 0 Å². The van der Waals surface area contributed by atoms with E-state index in [9.17, 15) is 0 Å². The molecule has 0 saturated heterocycles. The molecule has 1 heterocycles. The van der Waals surface area contributed by atoms with Crippen LogP contribution in [-0.2, 0) is 0 Å². The molecule has 0 bridgehead atoms. The van der Waals surface area contributed by atoms with Crippen LogP contribution in [-0.4, -0.2) is 13.4 Å². The van der Waals surface area contributed by atoms with E-state index in [2.05, 4.69) is 6.92 Å². The molecule has 0 aliphatic carbocycles. The summed E-state index contributed by atoms with van der Waals surface area (Å²) in [6.45, 7) is 4.87. The van der Waals surface area contributed by atoms with Crippen molar-refractivity contribution in [3.8, 4) is 17.2 Å². The third-order valence-corrected chi connectivity index (χ3v) is 2.51. The maximum Gasteiger partial charge on any atom is 0.231 e. The van der Waals surface area contributed by atoms with Crippen LogP contribution in [0.2, 0.25) is 0 Å². The van der Waals surface area contributed by atoms with Gasteiger partial charge in [0.25, 0.3) is 0 Å². The summed E-state index contributed by atoms with van der Waals surface area (Å²) in [4.78, 5) is 0. The number of hydrogen-bond acceptors (Lipinski definition) is 3. The van der Waals surface area contributed by atoms with Gasteiger partial charge in [-0.25, -0.2) is 0 Å². The summed E-state index contributed by atoms with van der Waals surface area (Å²) in [5.74, 6) is 2.42. The van der Waals surface area contributed by atoms with Gasteiger partial charge in [0.05, 0.1) is 6.61 Å². The predicted molar refractivity (Wildman–Crippen MR) is 61.9 cm³/mol. The van der Waals surface area contributed by atoms with E-state index in [4.69, 9.17) is 14.2 Å². The second-order valence-electron chi connectivity index (χ2n) is 3.78. The lowest BCUT2D eigenvalue weighted by Gasteiger charge is -2.06. The monoisotopic (exact) mass is 221 g/mol. The largest absolute Gasteiger partial charge is 0.493 e. The molecule has 0 saturated carbocycles. The van der Waals surface area contributed by atoms with E-state index in [1.807, 2.05) is 18.2 Å². The van der Waals surface area contributed by atoms with Crippen LogP contribution >= 0.6 is 0 Å². The molecule has 1 aliphatic heterocycles. The predicted octanol–water partition coefficient (Wildman–Crippen LogP) is 3.19. The number of unbranched alkanes of at least 4 members (excludes halogenated alkanes) is 3. The molecule has 87 valence electrons. The number of benzene rings is 1. The standard InChI is InChI=1S/C13H17O3/c1-2-3-4-5-8-14-11-6-7-12-13(9-11)16-10-15-12/h6-7,9H,1-5,8,10H2. The molecule has 0 fully saturated rings. The normalized spacial score (nSPS) is 12.8. The lowest BCUT2D eigenvalue weighted by molar-refractivity contribution is 0.173. The van der Waals surface area contributed by atoms with Gasteiger partial charge in [0.1, 0.15) is 5.75 Å². The van der Waals surface area contributed by atoms with Crippen LogP contribution in [0, 0.1) is 6.92 Å². The van der Waals surface area contributed by atoms with E-state index in [0.717, 1.165) is 36.7 Å². The Hall–Kier alpha value is -1.38. The van der Waals surface area contributed by atoms with Crippen molar-refractivity contribution in [2.24, 2.45) is 0 Å². The minimum Gasteiger partial charge on any atom is -0.493 e. The number of ether oxygens (including phenoxy) is 3. The third-order valence-electron chi connectivity index (χ3n) is 2.51. The van der Waals surface area contributed by atoms with Gasteiger partial charge in [0, 0.05) is 6.07 Å². The van der Waals surface area contributed by atoms with Gasteiger partial charge in [-0.3, -0.25) is 0 Å². The van der Waals surface area contributed by atoms with Crippen LogP contribution in [0.5, 0.6) is 17.2 Å². The van der Waals surface area contributed by atoms with Gasteiger partial charge < -0.3 is 14.2 Å². The van der Waals surface area contributed by atoms with Crippen molar-refractivity contribution >= 4 is 0 Å². The molecule has 16 heavy (non-hydrogen) atoms. The molecule has 1 radical (unpaired) electrons. The Balaban J connectivity index is 1.77. The maximum absolute atomic E-state index is 5.62. The van der Waals surface area contributed by atoms with Crippen molar-refractivity contribution in [3.63, 3.8) is 0 Å². The number of fused-ring (bicyclic) bond motifs is 1. The maximum atomic E-state index is 5.62. The van der Waals surface area contributed by atoms with Crippen LogP contribution in [0.15, 0.2) is 18.2 Å². The van der Waals surface area contributed by atoms with Gasteiger partial charge in [-0.15, -0.1) is 0 Å². The van der Waals surface area contributed by atoms with E-state index < -0.39 is 0 Å². The Bertz CT molecular complexity index is 336. The van der Waals surface area contributed by atoms with E-state index in [1.54, 1.807) is 0 Å². The van der Waals surface area contributed by atoms with Crippen molar-refractivity contribution in [1.29, 1.82) is 0 Å². The number of rotatable bonds is 6. The summed E-state index contributed by atoms with van der Waals surface area (Å²) in [6, 6.07) is 5.67. The molecule has 3 heteroatoms. The van der Waals surface area contributed by atoms with Crippen LogP contribution < -0.4 is 14.2 Å². The highest BCUT2D eigenvalue weighted by Gasteiger charge is 2.13. The van der Waals surface area contributed by atoms with Gasteiger partial charge in [-0.1, -0.05) is 26.2 Å². The first-order valence-electron chi connectivity index (χ1n) is 5.72. The SMILES string of the molecule is [CH2]CCCCCOc1ccc2c(c1)OCO2. The summed E-state index contributed by atoms with van der Waals surface area (Å²) in [5.41, 5.74) is 0. The third kappa shape index (κ3) is 2.81. The van der Waals surface area contributed by atoms with E-state index in [0.29, 0.717) is 6.79 Å². The van der Waals surface area contributed by atoms with Crippen molar-refractivity contribution in [1.82, 2.24) is 0 Å². The summed E-state index contributed by atoms with van der Waals surface area (Å²) < 4.78 is 16.1. The molecule has 1 aromatic carbocycles. The van der Waals surface area contributed by atoms with E-state index in [1.165, 1.54) is 12.8 Å². The average Bonchev–Trinajstić information content (AvgIpc) is 2.76. The van der Waals surface area contributed by atoms with Crippen LogP contribution in [0.3, 0.4) is 0 Å². The van der Waals surface area contributed by atoms with Crippen molar-refractivity contribution in [2.45, 2.75) is 25.7 Å². The minimum atomic E-state index is 0.308.